The molecule has 0 aliphatic carbocycles. The Labute approximate surface area is 114 Å². The van der Waals surface area contributed by atoms with Gasteiger partial charge in [-0.25, -0.2) is 4.79 Å². The Kier molecular flexibility index (Phi) is 5.11. The van der Waals surface area contributed by atoms with Crippen LogP contribution in [0.4, 0.5) is 5.69 Å². The van der Waals surface area contributed by atoms with Gasteiger partial charge in [-0.15, -0.1) is 12.4 Å². The average molecular weight is 288 g/mol. The highest BCUT2D eigenvalue weighted by molar-refractivity contribution is 5.95. The van der Waals surface area contributed by atoms with Crippen LogP contribution in [0.1, 0.15) is 0 Å². The molecular weight excluding hydrogens is 274 g/mol. The maximum atomic E-state index is 11.7. The Morgan fingerprint density at radius 3 is 2.95 bits per heavy atom. The molecule has 0 aliphatic heterocycles. The molecule has 0 saturated carbocycles. The number of methoxy groups -OCH3 is 1. The van der Waals surface area contributed by atoms with E-state index in [2.05, 4.69) is 10.3 Å². The predicted octanol–water partition coefficient (Wildman–Crippen LogP) is 0.455. The second-order valence-electron chi connectivity index (χ2n) is 3.67. The fraction of sp³-hybridized carbons (Fsp3) is 0.273. The molecule has 0 spiro atoms. The van der Waals surface area contributed by atoms with E-state index in [1.807, 2.05) is 0 Å². The highest BCUT2D eigenvalue weighted by atomic mass is 35.5. The second kappa shape index (κ2) is 6.37. The molecule has 19 heavy (non-hydrogen) atoms. The molecule has 1 aromatic carbocycles. The lowest BCUT2D eigenvalue weighted by molar-refractivity contribution is -0.125. The number of hydrogen-bond donors (Lipinski definition) is 3. The number of carbonyl (C=O) groups excluding carboxylic acids is 1. The van der Waals surface area contributed by atoms with E-state index in [0.717, 1.165) is 0 Å². The maximum absolute atomic E-state index is 11.7. The number of H-pyrrole nitrogens is 1. The van der Waals surface area contributed by atoms with Gasteiger partial charge in [-0.1, -0.05) is 0 Å². The van der Waals surface area contributed by atoms with Gasteiger partial charge in [0.1, 0.15) is 6.10 Å². The van der Waals surface area contributed by atoms with E-state index in [4.69, 9.17) is 14.9 Å². The molecular formula is C11H14ClN3O4. The number of nitrogens with one attached hydrogen (secondary N) is 2. The first kappa shape index (κ1) is 15.2. The van der Waals surface area contributed by atoms with Gasteiger partial charge >= 0.3 is 5.76 Å². The molecule has 2 aromatic rings. The van der Waals surface area contributed by atoms with E-state index in [9.17, 15) is 9.59 Å². The molecule has 104 valence electrons. The van der Waals surface area contributed by atoms with E-state index in [1.165, 1.54) is 7.11 Å². The van der Waals surface area contributed by atoms with Crippen molar-refractivity contribution in [1.29, 1.82) is 0 Å². The molecule has 1 heterocycles. The normalized spacial score (nSPS) is 11.9. The molecule has 0 radical (unpaired) electrons. The predicted molar refractivity (Wildman–Crippen MR) is 72.6 cm³/mol. The molecule has 8 heteroatoms. The van der Waals surface area contributed by atoms with Gasteiger partial charge in [-0.2, -0.15) is 0 Å². The van der Waals surface area contributed by atoms with E-state index < -0.39 is 11.9 Å². The number of hydrogen-bond acceptors (Lipinski definition) is 5. The summed E-state index contributed by atoms with van der Waals surface area (Å²) in [7, 11) is 1.41. The largest absolute Gasteiger partial charge is 0.417 e. The number of rotatable bonds is 4. The number of amides is 1. The van der Waals surface area contributed by atoms with Crippen LogP contribution in [0.15, 0.2) is 27.4 Å². The smallest absolute Gasteiger partial charge is 0.408 e. The minimum atomic E-state index is -0.705. The monoisotopic (exact) mass is 287 g/mol. The Morgan fingerprint density at radius 1 is 1.58 bits per heavy atom. The van der Waals surface area contributed by atoms with Crippen molar-refractivity contribution in [2.24, 2.45) is 5.73 Å². The molecule has 1 amide bonds. The molecule has 1 atom stereocenters. The lowest BCUT2D eigenvalue weighted by Gasteiger charge is -2.12. The third-order valence-corrected chi connectivity index (χ3v) is 2.48. The number of fused-ring (bicyclic) bond motifs is 1. The van der Waals surface area contributed by atoms with E-state index >= 15 is 0 Å². The number of carbonyl (C=O) groups is 1. The van der Waals surface area contributed by atoms with Crippen molar-refractivity contribution in [3.63, 3.8) is 0 Å². The van der Waals surface area contributed by atoms with Gasteiger partial charge in [-0.3, -0.25) is 9.78 Å². The fourth-order valence-corrected chi connectivity index (χ4v) is 1.56. The summed E-state index contributed by atoms with van der Waals surface area (Å²) in [6, 6.07) is 4.81. The van der Waals surface area contributed by atoms with Gasteiger partial charge in [0.25, 0.3) is 5.91 Å². The van der Waals surface area contributed by atoms with Gasteiger partial charge in [0.15, 0.2) is 5.58 Å². The minimum absolute atomic E-state index is 0. The van der Waals surface area contributed by atoms with E-state index in [-0.39, 0.29) is 24.9 Å². The van der Waals surface area contributed by atoms with Crippen molar-refractivity contribution in [3.05, 3.63) is 28.7 Å². The van der Waals surface area contributed by atoms with Gasteiger partial charge in [0.05, 0.1) is 5.52 Å². The van der Waals surface area contributed by atoms with Crippen molar-refractivity contribution in [1.82, 2.24) is 4.98 Å². The highest BCUT2D eigenvalue weighted by Crippen LogP contribution is 2.16. The molecule has 4 N–H and O–H groups in total. The van der Waals surface area contributed by atoms with Gasteiger partial charge in [0, 0.05) is 19.3 Å². The number of benzene rings is 1. The molecule has 1 aromatic heterocycles. The number of anilines is 1. The summed E-state index contributed by atoms with van der Waals surface area (Å²) in [5.41, 5.74) is 6.86. The highest BCUT2D eigenvalue weighted by Gasteiger charge is 2.15. The number of nitrogens with two attached hydrogens (primary N) is 1. The third kappa shape index (κ3) is 3.34. The summed E-state index contributed by atoms with van der Waals surface area (Å²) in [4.78, 5) is 25.2. The standard InChI is InChI=1S/C11H13N3O4.ClH/c1-17-9(5-12)10(15)13-6-2-3-8-7(4-6)14-11(16)18-8;/h2-4,9H,5,12H2,1H3,(H,13,15)(H,14,16);1H. The first-order valence-corrected chi connectivity index (χ1v) is 5.30. The van der Waals surface area contributed by atoms with Crippen LogP contribution in [0, 0.1) is 0 Å². The number of oxazole rings is 1. The van der Waals surface area contributed by atoms with Crippen LogP contribution in [-0.2, 0) is 9.53 Å². The lowest BCUT2D eigenvalue weighted by atomic mass is 10.2. The molecule has 0 bridgehead atoms. The first-order chi connectivity index (χ1) is 8.63. The van der Waals surface area contributed by atoms with Crippen LogP contribution in [0.5, 0.6) is 0 Å². The topological polar surface area (TPSA) is 110 Å². The lowest BCUT2D eigenvalue weighted by Crippen LogP contribution is -2.35. The van der Waals surface area contributed by atoms with Gasteiger partial charge in [0.2, 0.25) is 0 Å². The van der Waals surface area contributed by atoms with Crippen molar-refractivity contribution in [3.8, 4) is 0 Å². The zero-order valence-corrected chi connectivity index (χ0v) is 11.0. The average Bonchev–Trinajstić information content (AvgIpc) is 2.70. The molecule has 0 aliphatic rings. The van der Waals surface area contributed by atoms with E-state index in [0.29, 0.717) is 16.8 Å². The van der Waals surface area contributed by atoms with Crippen molar-refractivity contribution >= 4 is 35.1 Å². The summed E-state index contributed by atoms with van der Waals surface area (Å²) in [6.45, 7) is 0.0904. The van der Waals surface area contributed by atoms with Gasteiger partial charge in [-0.05, 0) is 18.2 Å². The van der Waals surface area contributed by atoms with Crippen LogP contribution >= 0.6 is 12.4 Å². The summed E-state index contributed by atoms with van der Waals surface area (Å²) in [5, 5.41) is 2.64. The number of aromatic nitrogens is 1. The zero-order valence-electron chi connectivity index (χ0n) is 10.1. The summed E-state index contributed by atoms with van der Waals surface area (Å²) < 4.78 is 9.76. The van der Waals surface area contributed by atoms with Crippen LogP contribution in [0.3, 0.4) is 0 Å². The van der Waals surface area contributed by atoms with E-state index in [1.54, 1.807) is 18.2 Å². The Balaban J connectivity index is 0.00000180. The van der Waals surface area contributed by atoms with Crippen LogP contribution in [-0.4, -0.2) is 30.6 Å². The summed E-state index contributed by atoms with van der Waals surface area (Å²) >= 11 is 0. The summed E-state index contributed by atoms with van der Waals surface area (Å²) in [5.74, 6) is -0.879. The van der Waals surface area contributed by atoms with Crippen LogP contribution in [0.25, 0.3) is 11.1 Å². The molecule has 2 rings (SSSR count). The second-order valence-corrected chi connectivity index (χ2v) is 3.67. The SMILES string of the molecule is COC(CN)C(=O)Nc1ccc2oc(=O)[nH]c2c1.Cl. The Hall–Kier alpha value is -1.83. The third-order valence-electron chi connectivity index (χ3n) is 2.48. The van der Waals surface area contributed by atoms with Gasteiger partial charge < -0.3 is 20.2 Å². The van der Waals surface area contributed by atoms with Crippen LogP contribution in [0.2, 0.25) is 0 Å². The first-order valence-electron chi connectivity index (χ1n) is 5.30. The molecule has 1 unspecified atom stereocenters. The quantitative estimate of drug-likeness (QED) is 0.756. The molecule has 0 saturated heterocycles. The molecule has 0 fully saturated rings. The molecule has 7 nitrogen and oxygen atoms in total. The number of aromatic amines is 1. The Morgan fingerprint density at radius 2 is 2.32 bits per heavy atom. The van der Waals surface area contributed by atoms with Crippen LogP contribution < -0.4 is 16.8 Å². The minimum Gasteiger partial charge on any atom is -0.408 e. The fourth-order valence-electron chi connectivity index (χ4n) is 1.56. The van der Waals surface area contributed by atoms with Crippen molar-refractivity contribution in [2.45, 2.75) is 6.10 Å². The van der Waals surface area contributed by atoms with Crippen molar-refractivity contribution in [2.75, 3.05) is 19.0 Å². The maximum Gasteiger partial charge on any atom is 0.417 e. The number of ether oxygens (including phenoxy) is 1. The summed E-state index contributed by atoms with van der Waals surface area (Å²) in [6.07, 6.45) is -0.705. The number of halogens is 1. The van der Waals surface area contributed by atoms with Crippen molar-refractivity contribution < 1.29 is 13.9 Å². The zero-order chi connectivity index (χ0) is 13.1. The Bertz CT molecular complexity index is 618.